The van der Waals surface area contributed by atoms with Gasteiger partial charge >= 0.3 is 0 Å². The maximum Gasteiger partial charge on any atom is 0.172 e. The van der Waals surface area contributed by atoms with Crippen molar-refractivity contribution in [3.63, 3.8) is 0 Å². The Hall–Kier alpha value is -1.61. The van der Waals surface area contributed by atoms with Crippen LogP contribution in [0.1, 0.15) is 16.8 Å². The average molecular weight is 203 g/mol. The van der Waals surface area contributed by atoms with E-state index in [1.165, 1.54) is 5.56 Å². The number of rotatable bonds is 2. The van der Waals surface area contributed by atoms with Gasteiger partial charge in [0.05, 0.1) is 12.3 Å². The van der Waals surface area contributed by atoms with Gasteiger partial charge < -0.3 is 9.63 Å². The van der Waals surface area contributed by atoms with Crippen molar-refractivity contribution in [1.82, 2.24) is 5.16 Å². The average Bonchev–Trinajstić information content (AvgIpc) is 2.61. The molecular formula is C12H13NO2. The van der Waals surface area contributed by atoms with Crippen LogP contribution in [0, 0.1) is 13.8 Å². The molecule has 3 nitrogen and oxygen atoms in total. The zero-order chi connectivity index (χ0) is 10.8. The van der Waals surface area contributed by atoms with Crippen LogP contribution >= 0.6 is 0 Å². The molecule has 1 heterocycles. The maximum atomic E-state index is 9.20. The summed E-state index contributed by atoms with van der Waals surface area (Å²) >= 11 is 0. The molecule has 1 N–H and O–H groups in total. The number of aliphatic hydroxyl groups is 1. The van der Waals surface area contributed by atoms with Crippen molar-refractivity contribution in [1.29, 1.82) is 0 Å². The Morgan fingerprint density at radius 2 is 1.87 bits per heavy atom. The molecule has 0 saturated heterocycles. The summed E-state index contributed by atoms with van der Waals surface area (Å²) < 4.78 is 5.20. The molecule has 0 aliphatic heterocycles. The molecule has 2 rings (SSSR count). The number of aromatic nitrogens is 1. The molecule has 78 valence electrons. The van der Waals surface area contributed by atoms with E-state index in [9.17, 15) is 5.11 Å². The normalized spacial score (nSPS) is 10.6. The third kappa shape index (κ3) is 1.78. The second kappa shape index (κ2) is 3.87. The van der Waals surface area contributed by atoms with Crippen molar-refractivity contribution in [2.24, 2.45) is 0 Å². The van der Waals surface area contributed by atoms with E-state index in [1.807, 2.05) is 38.1 Å². The summed E-state index contributed by atoms with van der Waals surface area (Å²) in [7, 11) is 0. The number of hydrogen-bond donors (Lipinski definition) is 1. The molecule has 0 aliphatic rings. The van der Waals surface area contributed by atoms with E-state index in [2.05, 4.69) is 5.16 Å². The van der Waals surface area contributed by atoms with Crippen LogP contribution in [0.15, 0.2) is 28.8 Å². The van der Waals surface area contributed by atoms with E-state index in [0.717, 1.165) is 16.8 Å². The fraction of sp³-hybridized carbons (Fsp3) is 0.250. The predicted octanol–water partition coefficient (Wildman–Crippen LogP) is 2.45. The second-order valence-corrected chi connectivity index (χ2v) is 3.60. The zero-order valence-electron chi connectivity index (χ0n) is 8.82. The molecule has 0 unspecified atom stereocenters. The summed E-state index contributed by atoms with van der Waals surface area (Å²) in [6, 6.07) is 7.95. The van der Waals surface area contributed by atoms with Crippen molar-refractivity contribution in [3.8, 4) is 11.3 Å². The van der Waals surface area contributed by atoms with Gasteiger partial charge in [-0.05, 0) is 13.8 Å². The number of hydrogen-bond acceptors (Lipinski definition) is 3. The third-order valence-electron chi connectivity index (χ3n) is 2.46. The number of benzene rings is 1. The van der Waals surface area contributed by atoms with Crippen molar-refractivity contribution in [2.75, 3.05) is 0 Å². The molecule has 0 saturated carbocycles. The highest BCUT2D eigenvalue weighted by Crippen LogP contribution is 2.26. The van der Waals surface area contributed by atoms with Crippen LogP contribution in [0.3, 0.4) is 0 Å². The van der Waals surface area contributed by atoms with Gasteiger partial charge in [0.2, 0.25) is 0 Å². The molecule has 0 fully saturated rings. The largest absolute Gasteiger partial charge is 0.391 e. The first-order valence-electron chi connectivity index (χ1n) is 4.85. The number of aliphatic hydroxyl groups excluding tert-OH is 1. The molecule has 3 heteroatoms. The first kappa shape index (κ1) is 9.93. The standard InChI is InChI=1S/C12H13NO2/c1-8-3-5-10(6-4-8)12-11(7-14)9(2)13-15-12/h3-6,14H,7H2,1-2H3. The lowest BCUT2D eigenvalue weighted by molar-refractivity contribution is 0.281. The highest BCUT2D eigenvalue weighted by atomic mass is 16.5. The molecule has 0 radical (unpaired) electrons. The number of nitrogens with zero attached hydrogens (tertiary/aromatic N) is 1. The van der Waals surface area contributed by atoms with Gasteiger partial charge in [-0.1, -0.05) is 35.0 Å². The quantitative estimate of drug-likeness (QED) is 0.815. The van der Waals surface area contributed by atoms with Gasteiger partial charge in [0, 0.05) is 11.1 Å². The first-order chi connectivity index (χ1) is 7.22. The molecule has 0 spiro atoms. The predicted molar refractivity (Wildman–Crippen MR) is 57.3 cm³/mol. The van der Waals surface area contributed by atoms with Crippen molar-refractivity contribution < 1.29 is 9.63 Å². The van der Waals surface area contributed by atoms with Gasteiger partial charge in [-0.3, -0.25) is 0 Å². The van der Waals surface area contributed by atoms with Crippen LogP contribution in [0.4, 0.5) is 0 Å². The Labute approximate surface area is 88.3 Å². The van der Waals surface area contributed by atoms with Gasteiger partial charge in [0.25, 0.3) is 0 Å². The van der Waals surface area contributed by atoms with Crippen molar-refractivity contribution in [2.45, 2.75) is 20.5 Å². The monoisotopic (exact) mass is 203 g/mol. The fourth-order valence-corrected chi connectivity index (χ4v) is 1.51. The maximum absolute atomic E-state index is 9.20. The van der Waals surface area contributed by atoms with Gasteiger partial charge in [0.15, 0.2) is 5.76 Å². The molecule has 1 aromatic carbocycles. The van der Waals surface area contributed by atoms with Crippen LogP contribution < -0.4 is 0 Å². The van der Waals surface area contributed by atoms with E-state index in [0.29, 0.717) is 5.76 Å². The van der Waals surface area contributed by atoms with E-state index in [4.69, 9.17) is 4.52 Å². The van der Waals surface area contributed by atoms with Gasteiger partial charge in [-0.25, -0.2) is 0 Å². The van der Waals surface area contributed by atoms with Gasteiger partial charge in [-0.15, -0.1) is 0 Å². The van der Waals surface area contributed by atoms with E-state index >= 15 is 0 Å². The Bertz CT molecular complexity index is 457. The van der Waals surface area contributed by atoms with Crippen molar-refractivity contribution >= 4 is 0 Å². The van der Waals surface area contributed by atoms with Crippen LogP contribution in [0.5, 0.6) is 0 Å². The van der Waals surface area contributed by atoms with Gasteiger partial charge in [-0.2, -0.15) is 0 Å². The SMILES string of the molecule is Cc1ccc(-c2onc(C)c2CO)cc1. The van der Waals surface area contributed by atoms with Crippen molar-refractivity contribution in [3.05, 3.63) is 41.1 Å². The fourth-order valence-electron chi connectivity index (χ4n) is 1.51. The summed E-state index contributed by atoms with van der Waals surface area (Å²) in [4.78, 5) is 0. The summed E-state index contributed by atoms with van der Waals surface area (Å²) in [5, 5.41) is 13.1. The topological polar surface area (TPSA) is 46.3 Å². The Kier molecular flexibility index (Phi) is 2.56. The Balaban J connectivity index is 2.49. The highest BCUT2D eigenvalue weighted by Gasteiger charge is 2.13. The summed E-state index contributed by atoms with van der Waals surface area (Å²) in [5.41, 5.74) is 3.65. The lowest BCUT2D eigenvalue weighted by Crippen LogP contribution is -1.87. The van der Waals surface area contributed by atoms with E-state index in [1.54, 1.807) is 0 Å². The summed E-state index contributed by atoms with van der Waals surface area (Å²) in [6.07, 6.45) is 0. The summed E-state index contributed by atoms with van der Waals surface area (Å²) in [6.45, 7) is 3.81. The smallest absolute Gasteiger partial charge is 0.172 e. The molecule has 0 bridgehead atoms. The van der Waals surface area contributed by atoms with Crippen LogP contribution in [0.25, 0.3) is 11.3 Å². The minimum atomic E-state index is -0.0431. The van der Waals surface area contributed by atoms with E-state index in [-0.39, 0.29) is 6.61 Å². The minimum absolute atomic E-state index is 0.0431. The molecule has 1 aromatic heterocycles. The minimum Gasteiger partial charge on any atom is -0.391 e. The second-order valence-electron chi connectivity index (χ2n) is 3.60. The number of aryl methyl sites for hydroxylation is 2. The Morgan fingerprint density at radius 1 is 1.20 bits per heavy atom. The first-order valence-corrected chi connectivity index (χ1v) is 4.85. The molecular weight excluding hydrogens is 190 g/mol. The van der Waals surface area contributed by atoms with E-state index < -0.39 is 0 Å². The van der Waals surface area contributed by atoms with Crippen LogP contribution in [-0.4, -0.2) is 10.3 Å². The Morgan fingerprint density at radius 3 is 2.47 bits per heavy atom. The molecule has 0 amide bonds. The summed E-state index contributed by atoms with van der Waals surface area (Å²) in [5.74, 6) is 0.662. The molecule has 15 heavy (non-hydrogen) atoms. The highest BCUT2D eigenvalue weighted by molar-refractivity contribution is 5.62. The zero-order valence-corrected chi connectivity index (χ0v) is 8.82. The lowest BCUT2D eigenvalue weighted by Gasteiger charge is -1.99. The van der Waals surface area contributed by atoms with Crippen LogP contribution in [0.2, 0.25) is 0 Å². The molecule has 0 aliphatic carbocycles. The molecule has 0 atom stereocenters. The van der Waals surface area contributed by atoms with Crippen LogP contribution in [-0.2, 0) is 6.61 Å². The lowest BCUT2D eigenvalue weighted by atomic mass is 10.1. The molecule has 2 aromatic rings. The third-order valence-corrected chi connectivity index (χ3v) is 2.46. The van der Waals surface area contributed by atoms with Gasteiger partial charge in [0.1, 0.15) is 0 Å².